The molecule has 0 spiro atoms. The topological polar surface area (TPSA) is 70.5 Å². The average Bonchev–Trinajstić information content (AvgIpc) is 2.60. The number of carbonyl (C=O) groups excluding carboxylic acids is 1. The maximum absolute atomic E-state index is 13.2. The Balaban J connectivity index is 2.03. The second kappa shape index (κ2) is 6.47. The van der Waals surface area contributed by atoms with Gasteiger partial charge in [-0.05, 0) is 37.8 Å². The van der Waals surface area contributed by atoms with Crippen molar-refractivity contribution in [3.05, 3.63) is 41.6 Å². The predicted octanol–water partition coefficient (Wildman–Crippen LogP) is 3.69. The minimum absolute atomic E-state index is 0.104. The van der Waals surface area contributed by atoms with E-state index in [1.807, 2.05) is 44.2 Å². The van der Waals surface area contributed by atoms with E-state index in [4.69, 9.17) is 0 Å². The molecule has 0 radical (unpaired) electrons. The molecular weight excluding hydrogens is 316 g/mol. The Morgan fingerprint density at radius 2 is 2.00 bits per heavy atom. The summed E-state index contributed by atoms with van der Waals surface area (Å²) >= 11 is 0. The van der Waals surface area contributed by atoms with Crippen LogP contribution in [0.5, 0.6) is 0 Å². The largest absolute Gasteiger partial charge is 0.481 e. The molecule has 132 valence electrons. The SMILES string of the molecule is CC(C)c1cc(C(=O)N2CCCC(C)(C(=O)O)C2)c2ccccc2n1. The van der Waals surface area contributed by atoms with Crippen molar-refractivity contribution < 1.29 is 14.7 Å². The number of nitrogens with zero attached hydrogens (tertiary/aromatic N) is 2. The Hall–Kier alpha value is -2.43. The van der Waals surface area contributed by atoms with Gasteiger partial charge in [0.15, 0.2) is 0 Å². The number of likely N-dealkylation sites (tertiary alicyclic amines) is 1. The van der Waals surface area contributed by atoms with Gasteiger partial charge < -0.3 is 10.0 Å². The van der Waals surface area contributed by atoms with Crippen molar-refractivity contribution in [1.29, 1.82) is 0 Å². The van der Waals surface area contributed by atoms with Crippen molar-refractivity contribution in [2.45, 2.75) is 39.5 Å². The summed E-state index contributed by atoms with van der Waals surface area (Å²) in [5.41, 5.74) is 1.41. The van der Waals surface area contributed by atoms with Gasteiger partial charge in [-0.2, -0.15) is 0 Å². The second-order valence-corrected chi connectivity index (χ2v) is 7.46. The molecule has 5 nitrogen and oxygen atoms in total. The van der Waals surface area contributed by atoms with Crippen LogP contribution in [0.25, 0.3) is 10.9 Å². The first-order valence-electron chi connectivity index (χ1n) is 8.74. The normalized spacial score (nSPS) is 20.9. The number of benzene rings is 1. The number of amides is 1. The van der Waals surface area contributed by atoms with Gasteiger partial charge in [-0.1, -0.05) is 32.0 Å². The van der Waals surface area contributed by atoms with E-state index in [9.17, 15) is 14.7 Å². The zero-order chi connectivity index (χ0) is 18.2. The lowest BCUT2D eigenvalue weighted by atomic mass is 9.82. The monoisotopic (exact) mass is 340 g/mol. The number of carboxylic acid groups (broad SMARTS) is 1. The van der Waals surface area contributed by atoms with Crippen LogP contribution in [0.1, 0.15) is 55.6 Å². The Bertz CT molecular complexity index is 831. The Labute approximate surface area is 147 Å². The van der Waals surface area contributed by atoms with Gasteiger partial charge in [-0.25, -0.2) is 0 Å². The summed E-state index contributed by atoms with van der Waals surface area (Å²) in [7, 11) is 0. The summed E-state index contributed by atoms with van der Waals surface area (Å²) in [4.78, 5) is 31.1. The summed E-state index contributed by atoms with van der Waals surface area (Å²) in [6.45, 7) is 6.66. The Morgan fingerprint density at radius 3 is 2.68 bits per heavy atom. The van der Waals surface area contributed by atoms with Crippen molar-refractivity contribution in [2.75, 3.05) is 13.1 Å². The van der Waals surface area contributed by atoms with Crippen molar-refractivity contribution in [1.82, 2.24) is 9.88 Å². The molecule has 3 rings (SSSR count). The quantitative estimate of drug-likeness (QED) is 0.925. The molecule has 1 atom stereocenters. The molecule has 2 heterocycles. The fraction of sp³-hybridized carbons (Fsp3) is 0.450. The standard InChI is InChI=1S/C20H24N2O3/c1-13(2)17-11-15(14-7-4-5-8-16(14)21-17)18(23)22-10-6-9-20(3,12-22)19(24)25/h4-5,7-8,11,13H,6,9-10,12H2,1-3H3,(H,24,25). The molecule has 2 aromatic rings. The van der Waals surface area contributed by atoms with Gasteiger partial charge >= 0.3 is 5.97 Å². The number of carbonyl (C=O) groups is 2. The number of pyridine rings is 1. The molecule has 1 unspecified atom stereocenters. The maximum atomic E-state index is 13.2. The minimum Gasteiger partial charge on any atom is -0.481 e. The number of hydrogen-bond donors (Lipinski definition) is 1. The van der Waals surface area contributed by atoms with Crippen molar-refractivity contribution in [3.63, 3.8) is 0 Å². The van der Waals surface area contributed by atoms with Gasteiger partial charge in [0, 0.05) is 24.2 Å². The number of carboxylic acids is 1. The van der Waals surface area contributed by atoms with E-state index in [-0.39, 0.29) is 18.4 Å². The lowest BCUT2D eigenvalue weighted by Crippen LogP contribution is -2.48. The van der Waals surface area contributed by atoms with Gasteiger partial charge in [-0.3, -0.25) is 14.6 Å². The Kier molecular flexibility index (Phi) is 4.50. The zero-order valence-corrected chi connectivity index (χ0v) is 15.0. The first-order valence-corrected chi connectivity index (χ1v) is 8.74. The van der Waals surface area contributed by atoms with Gasteiger partial charge in [0.2, 0.25) is 0 Å². The fourth-order valence-corrected chi connectivity index (χ4v) is 3.43. The molecule has 0 saturated carbocycles. The van der Waals surface area contributed by atoms with Crippen LogP contribution in [0.4, 0.5) is 0 Å². The second-order valence-electron chi connectivity index (χ2n) is 7.46. The van der Waals surface area contributed by atoms with Gasteiger partial charge in [0.1, 0.15) is 0 Å². The molecule has 1 aromatic carbocycles. The molecule has 0 bridgehead atoms. The number of hydrogen-bond acceptors (Lipinski definition) is 3. The van der Waals surface area contributed by atoms with E-state index < -0.39 is 11.4 Å². The fourth-order valence-electron chi connectivity index (χ4n) is 3.43. The minimum atomic E-state index is -0.877. The van der Waals surface area contributed by atoms with Crippen molar-refractivity contribution >= 4 is 22.8 Å². The highest BCUT2D eigenvalue weighted by molar-refractivity contribution is 6.06. The van der Waals surface area contributed by atoms with Crippen LogP contribution in [0.15, 0.2) is 30.3 Å². The highest BCUT2D eigenvalue weighted by Gasteiger charge is 2.39. The number of aliphatic carboxylic acids is 1. The van der Waals surface area contributed by atoms with Gasteiger partial charge in [0.25, 0.3) is 5.91 Å². The molecule has 1 saturated heterocycles. The third-order valence-electron chi connectivity index (χ3n) is 5.06. The summed E-state index contributed by atoms with van der Waals surface area (Å²) in [5, 5.41) is 10.3. The number of aromatic nitrogens is 1. The third-order valence-corrected chi connectivity index (χ3v) is 5.06. The van der Waals surface area contributed by atoms with Crippen LogP contribution in [0, 0.1) is 5.41 Å². The molecule has 1 aliphatic rings. The zero-order valence-electron chi connectivity index (χ0n) is 15.0. The molecule has 1 fully saturated rings. The third kappa shape index (κ3) is 3.23. The molecule has 0 aliphatic carbocycles. The van der Waals surface area contributed by atoms with Crippen molar-refractivity contribution in [2.24, 2.45) is 5.41 Å². The van der Waals surface area contributed by atoms with Crippen LogP contribution in [-0.4, -0.2) is 40.0 Å². The van der Waals surface area contributed by atoms with Gasteiger partial charge in [-0.15, -0.1) is 0 Å². The smallest absolute Gasteiger partial charge is 0.311 e. The summed E-state index contributed by atoms with van der Waals surface area (Å²) < 4.78 is 0. The number of para-hydroxylation sites is 1. The van der Waals surface area contributed by atoms with Crippen molar-refractivity contribution in [3.8, 4) is 0 Å². The van der Waals surface area contributed by atoms with E-state index in [1.54, 1.807) is 11.8 Å². The lowest BCUT2D eigenvalue weighted by molar-refractivity contribution is -0.150. The first kappa shape index (κ1) is 17.4. The van der Waals surface area contributed by atoms with E-state index >= 15 is 0 Å². The summed E-state index contributed by atoms with van der Waals surface area (Å²) in [6, 6.07) is 9.49. The molecule has 1 N–H and O–H groups in total. The summed E-state index contributed by atoms with van der Waals surface area (Å²) in [5.74, 6) is -0.734. The molecular formula is C20H24N2O3. The van der Waals surface area contributed by atoms with E-state index in [1.165, 1.54) is 0 Å². The first-order chi connectivity index (χ1) is 11.8. The number of rotatable bonds is 3. The van der Waals surface area contributed by atoms with Crippen LogP contribution >= 0.6 is 0 Å². The van der Waals surface area contributed by atoms with Gasteiger partial charge in [0.05, 0.1) is 16.5 Å². The highest BCUT2D eigenvalue weighted by Crippen LogP contribution is 2.32. The maximum Gasteiger partial charge on any atom is 0.311 e. The van der Waals surface area contributed by atoms with E-state index in [2.05, 4.69) is 4.98 Å². The molecule has 1 amide bonds. The summed E-state index contributed by atoms with van der Waals surface area (Å²) in [6.07, 6.45) is 1.30. The molecule has 1 aromatic heterocycles. The number of piperidine rings is 1. The lowest BCUT2D eigenvalue weighted by Gasteiger charge is -2.37. The molecule has 1 aliphatic heterocycles. The average molecular weight is 340 g/mol. The van der Waals surface area contributed by atoms with Crippen LogP contribution < -0.4 is 0 Å². The Morgan fingerprint density at radius 1 is 1.28 bits per heavy atom. The van der Waals surface area contributed by atoms with Crippen LogP contribution in [0.3, 0.4) is 0 Å². The highest BCUT2D eigenvalue weighted by atomic mass is 16.4. The van der Waals surface area contributed by atoms with Crippen LogP contribution in [0.2, 0.25) is 0 Å². The predicted molar refractivity (Wildman–Crippen MR) is 96.7 cm³/mol. The number of fused-ring (bicyclic) bond motifs is 1. The molecule has 5 heteroatoms. The van der Waals surface area contributed by atoms with E-state index in [0.717, 1.165) is 16.6 Å². The molecule has 25 heavy (non-hydrogen) atoms. The van der Waals surface area contributed by atoms with Crippen LogP contribution in [-0.2, 0) is 4.79 Å². The van der Waals surface area contributed by atoms with E-state index in [0.29, 0.717) is 24.9 Å².